The van der Waals surface area contributed by atoms with Crippen LogP contribution in [0.4, 0.5) is 0 Å². The summed E-state index contributed by atoms with van der Waals surface area (Å²) in [4.78, 5) is 5.79. The molecular weight excluding hydrogens is 204 g/mol. The summed E-state index contributed by atoms with van der Waals surface area (Å²) in [5, 5.41) is 3.53. The van der Waals surface area contributed by atoms with Gasteiger partial charge in [-0.05, 0) is 51.6 Å². The molecule has 1 unspecified atom stereocenters. The highest BCUT2D eigenvalue weighted by Crippen LogP contribution is 2.21. The van der Waals surface area contributed by atoms with Crippen LogP contribution in [0.3, 0.4) is 0 Å². The molecule has 2 nitrogen and oxygen atoms in total. The lowest BCUT2D eigenvalue weighted by atomic mass is 9.97. The fourth-order valence-corrected chi connectivity index (χ4v) is 3.04. The van der Waals surface area contributed by atoms with Crippen molar-refractivity contribution in [2.75, 3.05) is 13.1 Å². The third-order valence-corrected chi connectivity index (χ3v) is 4.27. The summed E-state index contributed by atoms with van der Waals surface area (Å²) in [6.45, 7) is 4.56. The monoisotopic (exact) mass is 224 g/mol. The molecule has 0 saturated carbocycles. The second kappa shape index (κ2) is 5.61. The molecule has 1 aromatic rings. The summed E-state index contributed by atoms with van der Waals surface area (Å²) in [6.07, 6.45) is 6.72. The third-order valence-electron chi connectivity index (χ3n) is 3.27. The van der Waals surface area contributed by atoms with Gasteiger partial charge in [0.05, 0.1) is 11.2 Å². The van der Waals surface area contributed by atoms with Gasteiger partial charge < -0.3 is 5.32 Å². The number of thiazole rings is 1. The smallest absolute Gasteiger partial charge is 0.0797 e. The second-order valence-corrected chi connectivity index (χ2v) is 5.40. The minimum absolute atomic E-state index is 0.883. The Kier molecular flexibility index (Phi) is 4.15. The van der Waals surface area contributed by atoms with Crippen LogP contribution in [0.5, 0.6) is 0 Å². The van der Waals surface area contributed by atoms with Crippen molar-refractivity contribution in [3.63, 3.8) is 0 Å². The van der Waals surface area contributed by atoms with Crippen LogP contribution in [0, 0.1) is 12.8 Å². The standard InChI is InChI=1S/C12H20N2S/c1-10-12(15-9-14-10)6-5-11-4-2-3-7-13-8-11/h9,11,13H,2-8H2,1H3. The van der Waals surface area contributed by atoms with Gasteiger partial charge in [-0.25, -0.2) is 4.98 Å². The summed E-state index contributed by atoms with van der Waals surface area (Å²) in [7, 11) is 0. The molecule has 1 aliphatic heterocycles. The van der Waals surface area contributed by atoms with E-state index < -0.39 is 0 Å². The van der Waals surface area contributed by atoms with E-state index in [1.807, 2.05) is 16.8 Å². The topological polar surface area (TPSA) is 24.9 Å². The minimum Gasteiger partial charge on any atom is -0.316 e. The van der Waals surface area contributed by atoms with Crippen molar-refractivity contribution in [3.8, 4) is 0 Å². The molecule has 1 saturated heterocycles. The van der Waals surface area contributed by atoms with Gasteiger partial charge in [0.15, 0.2) is 0 Å². The quantitative estimate of drug-likeness (QED) is 0.854. The average Bonchev–Trinajstić information content (AvgIpc) is 2.53. The van der Waals surface area contributed by atoms with Gasteiger partial charge in [0.1, 0.15) is 0 Å². The van der Waals surface area contributed by atoms with E-state index in [2.05, 4.69) is 17.2 Å². The molecule has 0 amide bonds. The Morgan fingerprint density at radius 1 is 1.53 bits per heavy atom. The molecule has 2 rings (SSSR count). The number of rotatable bonds is 3. The molecule has 1 aromatic heterocycles. The Morgan fingerprint density at radius 3 is 3.27 bits per heavy atom. The fraction of sp³-hybridized carbons (Fsp3) is 0.750. The first-order valence-electron chi connectivity index (χ1n) is 5.96. The van der Waals surface area contributed by atoms with Crippen LogP contribution in [-0.4, -0.2) is 18.1 Å². The van der Waals surface area contributed by atoms with E-state index in [9.17, 15) is 0 Å². The van der Waals surface area contributed by atoms with Crippen molar-refractivity contribution < 1.29 is 0 Å². The molecule has 15 heavy (non-hydrogen) atoms. The first-order valence-corrected chi connectivity index (χ1v) is 6.84. The third kappa shape index (κ3) is 3.28. The van der Waals surface area contributed by atoms with E-state index in [1.165, 1.54) is 55.8 Å². The zero-order valence-corrected chi connectivity index (χ0v) is 10.3. The highest BCUT2D eigenvalue weighted by atomic mass is 32.1. The van der Waals surface area contributed by atoms with Crippen LogP contribution in [0.25, 0.3) is 0 Å². The molecule has 0 bridgehead atoms. The van der Waals surface area contributed by atoms with E-state index in [0.717, 1.165) is 5.92 Å². The highest BCUT2D eigenvalue weighted by Gasteiger charge is 2.12. The summed E-state index contributed by atoms with van der Waals surface area (Å²) in [5.41, 5.74) is 3.21. The lowest BCUT2D eigenvalue weighted by Crippen LogP contribution is -2.20. The van der Waals surface area contributed by atoms with E-state index in [1.54, 1.807) is 0 Å². The van der Waals surface area contributed by atoms with Crippen LogP contribution in [0.1, 0.15) is 36.3 Å². The molecule has 1 fully saturated rings. The van der Waals surface area contributed by atoms with Crippen LogP contribution in [0.2, 0.25) is 0 Å². The van der Waals surface area contributed by atoms with Crippen molar-refractivity contribution in [2.24, 2.45) is 5.92 Å². The maximum absolute atomic E-state index is 4.30. The maximum Gasteiger partial charge on any atom is 0.0797 e. The SMILES string of the molecule is Cc1ncsc1CCC1CCCCNC1. The van der Waals surface area contributed by atoms with Gasteiger partial charge in [-0.2, -0.15) is 0 Å². The van der Waals surface area contributed by atoms with Gasteiger partial charge in [0.2, 0.25) is 0 Å². The normalized spacial score (nSPS) is 22.6. The van der Waals surface area contributed by atoms with Crippen molar-refractivity contribution >= 4 is 11.3 Å². The molecule has 0 aliphatic carbocycles. The molecule has 0 aromatic carbocycles. The van der Waals surface area contributed by atoms with Crippen molar-refractivity contribution in [1.29, 1.82) is 0 Å². The first kappa shape index (κ1) is 11.1. The van der Waals surface area contributed by atoms with Gasteiger partial charge in [0.25, 0.3) is 0 Å². The van der Waals surface area contributed by atoms with Crippen LogP contribution in [-0.2, 0) is 6.42 Å². The molecule has 1 aliphatic rings. The summed E-state index contributed by atoms with van der Waals surface area (Å²) in [5.74, 6) is 0.883. The van der Waals surface area contributed by atoms with E-state index in [-0.39, 0.29) is 0 Å². The fourth-order valence-electron chi connectivity index (χ4n) is 2.24. The lowest BCUT2D eigenvalue weighted by Gasteiger charge is -2.13. The van der Waals surface area contributed by atoms with Gasteiger partial charge in [-0.3, -0.25) is 0 Å². The number of aromatic nitrogens is 1. The first-order chi connectivity index (χ1) is 7.36. The molecule has 1 N–H and O–H groups in total. The van der Waals surface area contributed by atoms with Gasteiger partial charge in [0, 0.05) is 4.88 Å². The summed E-state index contributed by atoms with van der Waals surface area (Å²) < 4.78 is 0. The maximum atomic E-state index is 4.30. The highest BCUT2D eigenvalue weighted by molar-refractivity contribution is 7.09. The zero-order valence-electron chi connectivity index (χ0n) is 9.46. The van der Waals surface area contributed by atoms with Crippen molar-refractivity contribution in [2.45, 2.75) is 39.0 Å². The number of nitrogens with zero attached hydrogens (tertiary/aromatic N) is 1. The van der Waals surface area contributed by atoms with Crippen molar-refractivity contribution in [3.05, 3.63) is 16.1 Å². The Bertz CT molecular complexity index is 288. The molecule has 2 heterocycles. The van der Waals surface area contributed by atoms with Crippen molar-refractivity contribution in [1.82, 2.24) is 10.3 Å². The van der Waals surface area contributed by atoms with E-state index in [4.69, 9.17) is 0 Å². The van der Waals surface area contributed by atoms with Crippen LogP contribution in [0.15, 0.2) is 5.51 Å². The molecular formula is C12H20N2S. The van der Waals surface area contributed by atoms with Crippen LogP contribution >= 0.6 is 11.3 Å². The number of hydrogen-bond donors (Lipinski definition) is 1. The van der Waals surface area contributed by atoms with Crippen LogP contribution < -0.4 is 5.32 Å². The predicted molar refractivity (Wildman–Crippen MR) is 65.4 cm³/mol. The molecule has 0 spiro atoms. The van der Waals surface area contributed by atoms with Gasteiger partial charge in [-0.15, -0.1) is 11.3 Å². The number of aryl methyl sites for hydroxylation is 2. The zero-order chi connectivity index (χ0) is 10.5. The second-order valence-electron chi connectivity index (χ2n) is 4.47. The average molecular weight is 224 g/mol. The number of nitrogens with one attached hydrogen (secondary N) is 1. The molecule has 3 heteroatoms. The Morgan fingerprint density at radius 2 is 2.47 bits per heavy atom. The molecule has 84 valence electrons. The molecule has 1 atom stereocenters. The lowest BCUT2D eigenvalue weighted by molar-refractivity contribution is 0.447. The Labute approximate surface area is 96.1 Å². The predicted octanol–water partition coefficient (Wildman–Crippen LogP) is 2.77. The van der Waals surface area contributed by atoms with Gasteiger partial charge in [-0.1, -0.05) is 6.42 Å². The number of hydrogen-bond acceptors (Lipinski definition) is 3. The summed E-state index contributed by atoms with van der Waals surface area (Å²) in [6, 6.07) is 0. The van der Waals surface area contributed by atoms with Gasteiger partial charge >= 0.3 is 0 Å². The van der Waals surface area contributed by atoms with E-state index in [0.29, 0.717) is 0 Å². The Balaban J connectivity index is 1.79. The largest absolute Gasteiger partial charge is 0.316 e. The Hall–Kier alpha value is -0.410. The summed E-state index contributed by atoms with van der Waals surface area (Å²) >= 11 is 1.81. The van der Waals surface area contributed by atoms with E-state index >= 15 is 0 Å². The minimum atomic E-state index is 0.883. The molecule has 0 radical (unpaired) electrons.